The van der Waals surface area contributed by atoms with Crippen molar-refractivity contribution in [3.63, 3.8) is 0 Å². The number of rotatable bonds is 4. The first kappa shape index (κ1) is 21.8. The second-order valence-corrected chi connectivity index (χ2v) is 11.7. The van der Waals surface area contributed by atoms with E-state index in [2.05, 4.69) is 146 Å². The average molecular weight is 487 g/mol. The maximum Gasteiger partial charge on any atom is 0.0875 e. The summed E-state index contributed by atoms with van der Waals surface area (Å²) in [6, 6.07) is 53.5. The summed E-state index contributed by atoms with van der Waals surface area (Å²) in [6.07, 6.45) is 0. The summed E-state index contributed by atoms with van der Waals surface area (Å²) < 4.78 is 0. The van der Waals surface area contributed by atoms with Gasteiger partial charge in [0.15, 0.2) is 0 Å². The lowest BCUT2D eigenvalue weighted by atomic mass is 9.85. The van der Waals surface area contributed by atoms with E-state index in [-0.39, 0.29) is 0 Å². The van der Waals surface area contributed by atoms with Crippen molar-refractivity contribution >= 4 is 52.2 Å². The third-order valence-corrected chi connectivity index (χ3v) is 9.19. The summed E-state index contributed by atoms with van der Waals surface area (Å²) in [5.74, 6) is 0. The Kier molecular flexibility index (Phi) is 5.42. The summed E-state index contributed by atoms with van der Waals surface area (Å²) >= 11 is 0. The van der Waals surface area contributed by atoms with E-state index < -0.39 is 9.52 Å². The molecule has 0 amide bonds. The molecule has 0 aromatic heterocycles. The Hall–Kier alpha value is -4.46. The Bertz CT molecular complexity index is 1880. The average Bonchev–Trinajstić information content (AvgIpc) is 2.97. The zero-order valence-electron chi connectivity index (χ0n) is 20.6. The molecule has 0 aliphatic rings. The summed E-state index contributed by atoms with van der Waals surface area (Å²) in [7, 11) is -0.586. The van der Waals surface area contributed by atoms with Gasteiger partial charge in [-0.3, -0.25) is 0 Å². The lowest BCUT2D eigenvalue weighted by Crippen LogP contribution is -2.26. The second-order valence-electron chi connectivity index (χ2n) is 9.73. The van der Waals surface area contributed by atoms with Crippen molar-refractivity contribution in [2.24, 2.45) is 0 Å². The fraction of sp³-hybridized carbons (Fsp3) is 0. The largest absolute Gasteiger partial charge is 0.0875 e. The van der Waals surface area contributed by atoms with Gasteiger partial charge in [-0.2, -0.15) is 0 Å². The van der Waals surface area contributed by atoms with E-state index >= 15 is 0 Å². The monoisotopic (exact) mass is 486 g/mol. The highest BCUT2D eigenvalue weighted by atomic mass is 28.2. The van der Waals surface area contributed by atoms with Gasteiger partial charge in [0.2, 0.25) is 0 Å². The quantitative estimate of drug-likeness (QED) is 0.177. The summed E-state index contributed by atoms with van der Waals surface area (Å²) in [5, 5.41) is 10.8. The van der Waals surface area contributed by atoms with Crippen LogP contribution in [0.1, 0.15) is 0 Å². The number of fused-ring (bicyclic) bond motifs is 3. The minimum absolute atomic E-state index is 0.586. The van der Waals surface area contributed by atoms with E-state index in [1.165, 1.54) is 64.9 Å². The van der Waals surface area contributed by atoms with E-state index in [0.717, 1.165) is 0 Å². The van der Waals surface area contributed by atoms with Crippen LogP contribution in [-0.4, -0.2) is 9.52 Å². The Morgan fingerprint density at radius 2 is 0.946 bits per heavy atom. The lowest BCUT2D eigenvalue weighted by Gasteiger charge is -2.19. The van der Waals surface area contributed by atoms with E-state index in [4.69, 9.17) is 0 Å². The highest BCUT2D eigenvalue weighted by Gasteiger charge is 2.18. The Morgan fingerprint density at radius 3 is 1.73 bits per heavy atom. The molecule has 0 aliphatic heterocycles. The van der Waals surface area contributed by atoms with Crippen LogP contribution in [0, 0.1) is 0 Å². The molecule has 1 heteroatoms. The van der Waals surface area contributed by atoms with Gasteiger partial charge in [-0.25, -0.2) is 0 Å². The maximum atomic E-state index is 2.49. The topological polar surface area (TPSA) is 0 Å². The maximum absolute atomic E-state index is 2.49. The molecule has 0 spiro atoms. The normalized spacial score (nSPS) is 11.7. The number of hydrogen-bond donors (Lipinski definition) is 0. The van der Waals surface area contributed by atoms with Crippen molar-refractivity contribution in [1.82, 2.24) is 0 Å². The molecule has 7 rings (SSSR count). The lowest BCUT2D eigenvalue weighted by molar-refractivity contribution is 1.67. The fourth-order valence-electron chi connectivity index (χ4n) is 5.82. The molecule has 0 fully saturated rings. The first-order valence-corrected chi connectivity index (χ1v) is 14.3. The van der Waals surface area contributed by atoms with Crippen LogP contribution < -0.4 is 10.4 Å². The van der Waals surface area contributed by atoms with Crippen LogP contribution in [0.3, 0.4) is 0 Å². The van der Waals surface area contributed by atoms with Crippen LogP contribution in [-0.2, 0) is 0 Å². The molecular weight excluding hydrogens is 460 g/mol. The van der Waals surface area contributed by atoms with Crippen LogP contribution in [0.15, 0.2) is 146 Å². The molecule has 0 saturated heterocycles. The predicted molar refractivity (Wildman–Crippen MR) is 164 cm³/mol. The highest BCUT2D eigenvalue weighted by molar-refractivity contribution is 6.67. The van der Waals surface area contributed by atoms with Crippen molar-refractivity contribution in [2.75, 3.05) is 0 Å². The van der Waals surface area contributed by atoms with Crippen LogP contribution in [0.4, 0.5) is 0 Å². The van der Waals surface area contributed by atoms with Crippen molar-refractivity contribution in [3.05, 3.63) is 146 Å². The van der Waals surface area contributed by atoms with Gasteiger partial charge in [0.05, 0.1) is 9.52 Å². The predicted octanol–water partition coefficient (Wildman–Crippen LogP) is 7.60. The highest BCUT2D eigenvalue weighted by Crippen LogP contribution is 2.44. The van der Waals surface area contributed by atoms with Crippen LogP contribution >= 0.6 is 0 Å². The van der Waals surface area contributed by atoms with Gasteiger partial charge >= 0.3 is 0 Å². The standard InChI is InChI=1S/C36H26Si/c1-3-13-26(14-4-1)35-31-19-9-10-20-32(31)36(30-21-11-15-25-12-7-8-18-29(25)30)34-24-28(22-23-33(34)35)37-27-16-5-2-6-17-27/h1-24H,37H2. The molecule has 37 heavy (non-hydrogen) atoms. The van der Waals surface area contributed by atoms with E-state index in [9.17, 15) is 0 Å². The molecular formula is C36H26Si. The first-order chi connectivity index (χ1) is 18.4. The van der Waals surface area contributed by atoms with Gasteiger partial charge in [0.25, 0.3) is 0 Å². The zero-order chi connectivity index (χ0) is 24.6. The van der Waals surface area contributed by atoms with Crippen LogP contribution in [0.2, 0.25) is 0 Å². The summed E-state index contributed by atoms with van der Waals surface area (Å²) in [4.78, 5) is 0. The number of benzene rings is 7. The van der Waals surface area contributed by atoms with Gasteiger partial charge in [-0.05, 0) is 54.6 Å². The van der Waals surface area contributed by atoms with Gasteiger partial charge in [0.1, 0.15) is 0 Å². The molecule has 0 atom stereocenters. The fourth-order valence-corrected chi connectivity index (χ4v) is 7.34. The Morgan fingerprint density at radius 1 is 0.351 bits per heavy atom. The van der Waals surface area contributed by atoms with Gasteiger partial charge < -0.3 is 0 Å². The van der Waals surface area contributed by atoms with Gasteiger partial charge in [0, 0.05) is 0 Å². The SMILES string of the molecule is c1ccc([SiH2]c2ccc3c(-c4ccccc4)c4ccccc4c(-c4cccc5ccccc45)c3c2)cc1. The van der Waals surface area contributed by atoms with Gasteiger partial charge in [-0.15, -0.1) is 0 Å². The van der Waals surface area contributed by atoms with E-state index in [0.29, 0.717) is 0 Å². The molecule has 7 aromatic carbocycles. The van der Waals surface area contributed by atoms with Crippen LogP contribution in [0.5, 0.6) is 0 Å². The Balaban J connectivity index is 1.62. The molecule has 7 aromatic rings. The van der Waals surface area contributed by atoms with Crippen molar-refractivity contribution in [3.8, 4) is 22.3 Å². The molecule has 0 aliphatic carbocycles. The van der Waals surface area contributed by atoms with E-state index in [1.54, 1.807) is 0 Å². The summed E-state index contributed by atoms with van der Waals surface area (Å²) in [5.41, 5.74) is 5.23. The van der Waals surface area contributed by atoms with E-state index in [1.807, 2.05) is 0 Å². The molecule has 0 saturated carbocycles. The van der Waals surface area contributed by atoms with Crippen molar-refractivity contribution < 1.29 is 0 Å². The first-order valence-electron chi connectivity index (χ1n) is 12.9. The second kappa shape index (κ2) is 9.20. The van der Waals surface area contributed by atoms with Crippen LogP contribution in [0.25, 0.3) is 54.6 Å². The minimum Gasteiger partial charge on any atom is -0.0633 e. The molecule has 0 nitrogen and oxygen atoms in total. The molecule has 0 heterocycles. The molecule has 0 N–H and O–H groups in total. The molecule has 0 radical (unpaired) electrons. The smallest absolute Gasteiger partial charge is 0.0633 e. The number of hydrogen-bond acceptors (Lipinski definition) is 0. The zero-order valence-corrected chi connectivity index (χ0v) is 22.0. The van der Waals surface area contributed by atoms with Crippen molar-refractivity contribution in [2.45, 2.75) is 0 Å². The Labute approximate surface area is 219 Å². The van der Waals surface area contributed by atoms with Crippen molar-refractivity contribution in [1.29, 1.82) is 0 Å². The molecule has 0 bridgehead atoms. The minimum atomic E-state index is -0.586. The third-order valence-electron chi connectivity index (χ3n) is 7.46. The summed E-state index contributed by atoms with van der Waals surface area (Å²) in [6.45, 7) is 0. The molecule has 0 unspecified atom stereocenters. The van der Waals surface area contributed by atoms with Gasteiger partial charge in [-0.1, -0.05) is 156 Å². The molecule has 174 valence electrons. The third kappa shape index (κ3) is 3.85.